The molecule has 0 radical (unpaired) electrons. The Hall–Kier alpha value is -3.04. The number of aromatic nitrogens is 3. The predicted molar refractivity (Wildman–Crippen MR) is 107 cm³/mol. The molecular weight excluding hydrogens is 389 g/mol. The first kappa shape index (κ1) is 19.0. The van der Waals surface area contributed by atoms with Gasteiger partial charge in [0.1, 0.15) is 5.82 Å². The topological polar surface area (TPSA) is 72.7 Å². The molecule has 2 aromatic heterocycles. The minimum absolute atomic E-state index is 0.304. The standard InChI is InChI=1S/C21H22FN5O3/c1-14-18-12-15-13-26(7-6-25-8-10-29-11-9-25)21(28)30-20(15)23-19(18)27(24-14)17-4-2-16(22)3-5-17/h2-5,12H,6-11,13H2,1H3. The van der Waals surface area contributed by atoms with Gasteiger partial charge in [-0.05, 0) is 37.3 Å². The van der Waals surface area contributed by atoms with Crippen LogP contribution in [0.5, 0.6) is 5.88 Å². The number of carbonyl (C=O) groups is 1. The summed E-state index contributed by atoms with van der Waals surface area (Å²) in [6.45, 7) is 6.94. The van der Waals surface area contributed by atoms with Crippen LogP contribution >= 0.6 is 0 Å². The van der Waals surface area contributed by atoms with E-state index < -0.39 is 6.09 Å². The van der Waals surface area contributed by atoms with E-state index in [2.05, 4.69) is 15.0 Å². The number of ether oxygens (including phenoxy) is 2. The quantitative estimate of drug-likeness (QED) is 0.657. The van der Waals surface area contributed by atoms with Crippen LogP contribution in [-0.4, -0.2) is 70.1 Å². The molecule has 2 aliphatic heterocycles. The zero-order valence-corrected chi connectivity index (χ0v) is 16.7. The van der Waals surface area contributed by atoms with Gasteiger partial charge in [-0.15, -0.1) is 0 Å². The van der Waals surface area contributed by atoms with E-state index in [0.29, 0.717) is 30.3 Å². The first-order valence-corrected chi connectivity index (χ1v) is 10.0. The summed E-state index contributed by atoms with van der Waals surface area (Å²) in [5, 5.41) is 5.43. The number of rotatable bonds is 4. The molecule has 0 unspecified atom stereocenters. The number of hydrogen-bond donors (Lipinski definition) is 0. The maximum absolute atomic E-state index is 13.3. The lowest BCUT2D eigenvalue weighted by atomic mass is 10.1. The van der Waals surface area contributed by atoms with Gasteiger partial charge in [-0.2, -0.15) is 10.1 Å². The van der Waals surface area contributed by atoms with Crippen LogP contribution in [0.3, 0.4) is 0 Å². The Balaban J connectivity index is 1.42. The average molecular weight is 411 g/mol. The highest BCUT2D eigenvalue weighted by Gasteiger charge is 2.28. The monoisotopic (exact) mass is 411 g/mol. The highest BCUT2D eigenvalue weighted by molar-refractivity contribution is 5.83. The van der Waals surface area contributed by atoms with Gasteiger partial charge < -0.3 is 14.4 Å². The van der Waals surface area contributed by atoms with Gasteiger partial charge in [-0.1, -0.05) is 0 Å². The first-order valence-electron chi connectivity index (χ1n) is 10.0. The van der Waals surface area contributed by atoms with Crippen LogP contribution in [-0.2, 0) is 11.3 Å². The maximum Gasteiger partial charge on any atom is 0.416 e. The lowest BCUT2D eigenvalue weighted by molar-refractivity contribution is 0.0328. The van der Waals surface area contributed by atoms with Gasteiger partial charge in [0, 0.05) is 37.1 Å². The molecule has 30 heavy (non-hydrogen) atoms. The third-order valence-electron chi connectivity index (χ3n) is 5.55. The largest absolute Gasteiger partial charge is 0.416 e. The number of nitrogens with zero attached hydrogens (tertiary/aromatic N) is 5. The second-order valence-electron chi connectivity index (χ2n) is 7.54. The minimum atomic E-state index is -0.396. The van der Waals surface area contributed by atoms with Gasteiger partial charge in [0.15, 0.2) is 5.65 Å². The zero-order valence-electron chi connectivity index (χ0n) is 16.7. The van der Waals surface area contributed by atoms with E-state index in [4.69, 9.17) is 9.47 Å². The summed E-state index contributed by atoms with van der Waals surface area (Å²) in [7, 11) is 0. The fourth-order valence-corrected chi connectivity index (χ4v) is 3.85. The number of halogens is 1. The number of aryl methyl sites for hydroxylation is 1. The van der Waals surface area contributed by atoms with Crippen molar-refractivity contribution in [2.45, 2.75) is 13.5 Å². The average Bonchev–Trinajstić information content (AvgIpc) is 3.07. The van der Waals surface area contributed by atoms with Gasteiger partial charge in [0.25, 0.3) is 0 Å². The summed E-state index contributed by atoms with van der Waals surface area (Å²) in [6, 6.07) is 8.02. The van der Waals surface area contributed by atoms with Crippen molar-refractivity contribution in [1.29, 1.82) is 0 Å². The van der Waals surface area contributed by atoms with Crippen molar-refractivity contribution >= 4 is 17.1 Å². The molecule has 2 aliphatic rings. The number of fused-ring (bicyclic) bond motifs is 2. The van der Waals surface area contributed by atoms with Crippen molar-refractivity contribution in [3.63, 3.8) is 0 Å². The predicted octanol–water partition coefficient (Wildman–Crippen LogP) is 2.51. The van der Waals surface area contributed by atoms with Gasteiger partial charge in [-0.3, -0.25) is 4.90 Å². The lowest BCUT2D eigenvalue weighted by Crippen LogP contribution is -2.45. The second-order valence-corrected chi connectivity index (χ2v) is 7.54. The fraction of sp³-hybridized carbons (Fsp3) is 0.381. The summed E-state index contributed by atoms with van der Waals surface area (Å²) in [5.74, 6) is -0.0123. The molecular formula is C21H22FN5O3. The third-order valence-corrected chi connectivity index (χ3v) is 5.55. The van der Waals surface area contributed by atoms with E-state index in [1.54, 1.807) is 21.7 Å². The number of benzene rings is 1. The van der Waals surface area contributed by atoms with Crippen molar-refractivity contribution in [2.75, 3.05) is 39.4 Å². The molecule has 0 N–H and O–H groups in total. The molecule has 3 aromatic rings. The molecule has 0 bridgehead atoms. The van der Waals surface area contributed by atoms with Crippen molar-refractivity contribution in [2.24, 2.45) is 0 Å². The molecule has 9 heteroatoms. The van der Waals surface area contributed by atoms with Crippen LogP contribution in [0.25, 0.3) is 16.7 Å². The van der Waals surface area contributed by atoms with Gasteiger partial charge in [-0.25, -0.2) is 13.9 Å². The van der Waals surface area contributed by atoms with E-state index in [1.165, 1.54) is 12.1 Å². The number of hydrogen-bond acceptors (Lipinski definition) is 6. The van der Waals surface area contributed by atoms with Crippen LogP contribution < -0.4 is 4.74 Å². The molecule has 0 aliphatic carbocycles. The molecule has 156 valence electrons. The molecule has 1 amide bonds. The Kier molecular flexibility index (Phi) is 4.84. The summed E-state index contributed by atoms with van der Waals surface area (Å²) in [4.78, 5) is 21.1. The summed E-state index contributed by atoms with van der Waals surface area (Å²) < 4.78 is 25.8. The minimum Gasteiger partial charge on any atom is -0.391 e. The highest BCUT2D eigenvalue weighted by atomic mass is 19.1. The summed E-state index contributed by atoms with van der Waals surface area (Å²) in [5.41, 5.74) is 2.93. The van der Waals surface area contributed by atoms with E-state index in [0.717, 1.165) is 49.5 Å². The number of pyridine rings is 1. The van der Waals surface area contributed by atoms with Crippen molar-refractivity contribution in [3.8, 4) is 11.6 Å². The molecule has 0 saturated carbocycles. The van der Waals surface area contributed by atoms with Gasteiger partial charge in [0.05, 0.1) is 31.1 Å². The highest BCUT2D eigenvalue weighted by Crippen LogP contribution is 2.30. The van der Waals surface area contributed by atoms with Gasteiger partial charge >= 0.3 is 6.09 Å². The Morgan fingerprint density at radius 2 is 1.90 bits per heavy atom. The SMILES string of the molecule is Cc1nn(-c2ccc(F)cc2)c2nc3c(cc12)CN(CCN1CCOCC1)C(=O)O3. The van der Waals surface area contributed by atoms with Crippen LogP contribution in [0.4, 0.5) is 9.18 Å². The van der Waals surface area contributed by atoms with Crippen LogP contribution in [0.2, 0.25) is 0 Å². The molecule has 5 rings (SSSR count). The van der Waals surface area contributed by atoms with Crippen molar-refractivity contribution in [3.05, 3.63) is 47.4 Å². The van der Waals surface area contributed by atoms with Gasteiger partial charge in [0.2, 0.25) is 5.88 Å². The Bertz CT molecular complexity index is 1090. The second kappa shape index (κ2) is 7.66. The van der Waals surface area contributed by atoms with E-state index in [-0.39, 0.29) is 5.82 Å². The molecule has 0 atom stereocenters. The molecule has 8 nitrogen and oxygen atoms in total. The molecule has 4 heterocycles. The number of morpholine rings is 1. The van der Waals surface area contributed by atoms with Crippen LogP contribution in [0.1, 0.15) is 11.3 Å². The Morgan fingerprint density at radius 1 is 1.13 bits per heavy atom. The van der Waals surface area contributed by atoms with E-state index in [1.807, 2.05) is 13.0 Å². The molecule has 0 spiro atoms. The van der Waals surface area contributed by atoms with Crippen LogP contribution in [0, 0.1) is 12.7 Å². The van der Waals surface area contributed by atoms with E-state index in [9.17, 15) is 9.18 Å². The maximum atomic E-state index is 13.3. The summed E-state index contributed by atoms with van der Waals surface area (Å²) in [6.07, 6.45) is -0.396. The fourth-order valence-electron chi connectivity index (χ4n) is 3.85. The Morgan fingerprint density at radius 3 is 2.67 bits per heavy atom. The Labute approximate surface area is 172 Å². The zero-order chi connectivity index (χ0) is 20.7. The normalized spacial score (nSPS) is 17.3. The van der Waals surface area contributed by atoms with Crippen LogP contribution in [0.15, 0.2) is 30.3 Å². The first-order chi connectivity index (χ1) is 14.6. The molecule has 1 aromatic carbocycles. The lowest BCUT2D eigenvalue weighted by Gasteiger charge is -2.31. The third kappa shape index (κ3) is 3.50. The smallest absolute Gasteiger partial charge is 0.391 e. The molecule has 1 saturated heterocycles. The number of amides is 1. The van der Waals surface area contributed by atoms with Crippen molar-refractivity contribution < 1.29 is 18.7 Å². The number of carbonyl (C=O) groups excluding carboxylic acids is 1. The van der Waals surface area contributed by atoms with Crippen molar-refractivity contribution in [1.82, 2.24) is 24.6 Å². The molecule has 1 fully saturated rings. The summed E-state index contributed by atoms with van der Waals surface area (Å²) >= 11 is 0. The van der Waals surface area contributed by atoms with E-state index >= 15 is 0 Å².